The molecular weight excluding hydrogens is 620 g/mol. The molecule has 266 valence electrons. The fraction of sp³-hybridized carbons (Fsp3) is 0.605. The van der Waals surface area contributed by atoms with E-state index < -0.39 is 11.5 Å². The predicted octanol–water partition coefficient (Wildman–Crippen LogP) is 6.85. The first-order valence-corrected chi connectivity index (χ1v) is 17.8. The number of ether oxygens (including phenoxy) is 2. The molecule has 2 N–H and O–H groups in total. The van der Waals surface area contributed by atoms with Gasteiger partial charge in [0.1, 0.15) is 17.7 Å². The van der Waals surface area contributed by atoms with Gasteiger partial charge in [-0.2, -0.15) is 5.10 Å². The zero-order chi connectivity index (χ0) is 35.1. The molecule has 0 aliphatic heterocycles. The Morgan fingerprint density at radius 3 is 2.43 bits per heavy atom. The van der Waals surface area contributed by atoms with Crippen molar-refractivity contribution in [3.8, 4) is 16.9 Å². The monoisotopic (exact) mass is 674 g/mol. The Kier molecular flexibility index (Phi) is 12.0. The van der Waals surface area contributed by atoms with E-state index in [4.69, 9.17) is 19.4 Å². The Balaban J connectivity index is 1.27. The molecule has 0 bridgehead atoms. The first kappa shape index (κ1) is 36.3. The lowest BCUT2D eigenvalue weighted by molar-refractivity contribution is -0.124. The molecule has 2 saturated carbocycles. The van der Waals surface area contributed by atoms with Crippen LogP contribution in [-0.4, -0.2) is 69.8 Å². The van der Waals surface area contributed by atoms with Gasteiger partial charge in [0, 0.05) is 66.6 Å². The van der Waals surface area contributed by atoms with Gasteiger partial charge in [-0.3, -0.25) is 19.4 Å². The summed E-state index contributed by atoms with van der Waals surface area (Å²) in [4.78, 5) is 38.3. The van der Waals surface area contributed by atoms with Gasteiger partial charge in [-0.25, -0.2) is 9.78 Å². The second kappa shape index (κ2) is 16.1. The van der Waals surface area contributed by atoms with Gasteiger partial charge in [0.25, 0.3) is 0 Å². The number of aromatic nitrogens is 4. The number of nitrogens with zero attached hydrogens (tertiary/aromatic N) is 5. The summed E-state index contributed by atoms with van der Waals surface area (Å²) in [5, 5.41) is 16.8. The summed E-state index contributed by atoms with van der Waals surface area (Å²) in [6.07, 6.45) is 11.6. The van der Waals surface area contributed by atoms with E-state index in [9.17, 15) is 14.7 Å². The summed E-state index contributed by atoms with van der Waals surface area (Å²) in [5.74, 6) is 2.13. The maximum atomic E-state index is 14.4. The number of carbonyl (C=O) groups excluding carboxylic acids is 2. The van der Waals surface area contributed by atoms with Crippen molar-refractivity contribution in [2.45, 2.75) is 104 Å². The average molecular weight is 675 g/mol. The van der Waals surface area contributed by atoms with Gasteiger partial charge in [0.05, 0.1) is 19.0 Å². The van der Waals surface area contributed by atoms with Crippen LogP contribution in [0.3, 0.4) is 0 Å². The van der Waals surface area contributed by atoms with Crippen LogP contribution in [0.25, 0.3) is 11.1 Å². The maximum absolute atomic E-state index is 14.4. The third-order valence-corrected chi connectivity index (χ3v) is 10.2. The van der Waals surface area contributed by atoms with Crippen molar-refractivity contribution in [1.82, 2.24) is 25.1 Å². The zero-order valence-electron chi connectivity index (χ0n) is 30.0. The largest absolute Gasteiger partial charge is 0.495 e. The van der Waals surface area contributed by atoms with E-state index in [2.05, 4.69) is 30.3 Å². The van der Waals surface area contributed by atoms with Gasteiger partial charge in [-0.1, -0.05) is 13.8 Å². The van der Waals surface area contributed by atoms with E-state index in [1.165, 1.54) is 0 Å². The van der Waals surface area contributed by atoms with Crippen molar-refractivity contribution < 1.29 is 24.2 Å². The third-order valence-electron chi connectivity index (χ3n) is 10.2. The number of nitrogens with one attached hydrogen (secondary N) is 1. The van der Waals surface area contributed by atoms with Crippen LogP contribution in [0.15, 0.2) is 42.9 Å². The number of amides is 2. The molecule has 3 heterocycles. The topological polar surface area (TPSA) is 132 Å². The number of rotatable bonds is 12. The molecule has 0 unspecified atom stereocenters. The minimum Gasteiger partial charge on any atom is -0.495 e. The Morgan fingerprint density at radius 1 is 1.06 bits per heavy atom. The fourth-order valence-corrected chi connectivity index (χ4v) is 6.93. The predicted molar refractivity (Wildman–Crippen MR) is 190 cm³/mol. The number of aliphatic hydroxyl groups is 1. The highest BCUT2D eigenvalue weighted by atomic mass is 16.6. The van der Waals surface area contributed by atoms with Crippen molar-refractivity contribution >= 4 is 17.8 Å². The van der Waals surface area contributed by atoms with Crippen molar-refractivity contribution in [2.75, 3.05) is 31.7 Å². The molecule has 11 heteroatoms. The van der Waals surface area contributed by atoms with Crippen molar-refractivity contribution in [3.63, 3.8) is 0 Å². The second-order valence-electron chi connectivity index (χ2n) is 15.0. The number of alkyl carbamates (subject to hydrolysis) is 1. The first-order chi connectivity index (χ1) is 23.5. The Labute approximate surface area is 290 Å². The number of aryl methyl sites for hydroxylation is 1. The van der Waals surface area contributed by atoms with Gasteiger partial charge < -0.3 is 19.9 Å². The number of hydrogen-bond acceptors (Lipinski definition) is 8. The zero-order valence-corrected chi connectivity index (χ0v) is 30.0. The smallest absolute Gasteiger partial charge is 0.407 e. The highest BCUT2D eigenvalue weighted by molar-refractivity contribution is 5.94. The lowest BCUT2D eigenvalue weighted by atomic mass is 9.79. The Morgan fingerprint density at radius 2 is 1.80 bits per heavy atom. The summed E-state index contributed by atoms with van der Waals surface area (Å²) in [6.45, 7) is 10.8. The average Bonchev–Trinajstić information content (AvgIpc) is 3.61. The molecule has 0 aromatic carbocycles. The van der Waals surface area contributed by atoms with Gasteiger partial charge in [-0.05, 0) is 108 Å². The van der Waals surface area contributed by atoms with E-state index in [1.807, 2.05) is 60.9 Å². The van der Waals surface area contributed by atoms with Crippen molar-refractivity contribution in [1.29, 1.82) is 0 Å². The van der Waals surface area contributed by atoms with Crippen LogP contribution in [0.4, 0.5) is 10.6 Å². The number of aliphatic hydroxyl groups excluding tert-OH is 1. The highest BCUT2D eigenvalue weighted by Crippen LogP contribution is 2.38. The molecule has 0 spiro atoms. The quantitative estimate of drug-likeness (QED) is 0.213. The highest BCUT2D eigenvalue weighted by Gasteiger charge is 2.34. The maximum Gasteiger partial charge on any atom is 0.407 e. The standard InChI is InChI=1S/C38H54N6O5/c1-25(2)44-22-31(20-41-44)30-17-18-39-35(19-30)43(21-27-7-9-28(10-8-27)33-15-16-34(48-6)26(3)42-33)36(46)29-11-13-32(14-12-29)49-37(47)40-23-38(4,5)24-45/h15-20,22,25,27-29,32,45H,7-14,21,23-24H2,1-6H3,(H,40,47)/t27-,28-,29-,32-. The van der Waals surface area contributed by atoms with E-state index in [1.54, 1.807) is 13.3 Å². The Bertz CT molecular complexity index is 1560. The molecule has 2 fully saturated rings. The van der Waals surface area contributed by atoms with Crippen LogP contribution in [0.1, 0.15) is 102 Å². The number of carbonyl (C=O) groups is 2. The normalized spacial score (nSPS) is 21.3. The molecule has 2 aliphatic rings. The van der Waals surface area contributed by atoms with Gasteiger partial charge >= 0.3 is 6.09 Å². The molecule has 49 heavy (non-hydrogen) atoms. The fourth-order valence-electron chi connectivity index (χ4n) is 6.93. The minimum atomic E-state index is -0.477. The van der Waals surface area contributed by atoms with E-state index in [0.717, 1.165) is 53.9 Å². The number of pyridine rings is 2. The van der Waals surface area contributed by atoms with E-state index in [-0.39, 0.29) is 30.6 Å². The van der Waals surface area contributed by atoms with Gasteiger partial charge in [0.15, 0.2) is 0 Å². The lowest BCUT2D eigenvalue weighted by Gasteiger charge is -2.35. The summed E-state index contributed by atoms with van der Waals surface area (Å²) >= 11 is 0. The summed E-state index contributed by atoms with van der Waals surface area (Å²) in [7, 11) is 1.67. The SMILES string of the molecule is COc1ccc([C@H]2CC[C@H](CN(c3cc(-c4cnn(C(C)C)c4)ccn3)C(=O)[C@H]3CC[C@H](OC(=O)NCC(C)(C)CO)CC3)CC2)nc1C. The molecule has 3 aromatic heterocycles. The third kappa shape index (κ3) is 9.38. The number of anilines is 1. The van der Waals surface area contributed by atoms with Crippen LogP contribution in [0.5, 0.6) is 5.75 Å². The molecule has 3 aromatic rings. The van der Waals surface area contributed by atoms with Crippen molar-refractivity contribution in [2.24, 2.45) is 17.3 Å². The summed E-state index contributed by atoms with van der Waals surface area (Å²) < 4.78 is 13.0. The number of methoxy groups -OCH3 is 1. The summed E-state index contributed by atoms with van der Waals surface area (Å²) in [5.41, 5.74) is 3.58. The minimum absolute atomic E-state index is 0.0304. The first-order valence-electron chi connectivity index (χ1n) is 17.8. The molecule has 2 amide bonds. The van der Waals surface area contributed by atoms with Crippen molar-refractivity contribution in [3.05, 3.63) is 54.2 Å². The van der Waals surface area contributed by atoms with Crippen LogP contribution in [0.2, 0.25) is 0 Å². The van der Waals surface area contributed by atoms with E-state index in [0.29, 0.717) is 56.4 Å². The molecule has 11 nitrogen and oxygen atoms in total. The molecular formula is C38H54N6O5. The van der Waals surface area contributed by atoms with Gasteiger partial charge in [0.2, 0.25) is 5.91 Å². The number of hydrogen-bond donors (Lipinski definition) is 2. The second-order valence-corrected chi connectivity index (χ2v) is 15.0. The molecule has 0 atom stereocenters. The lowest BCUT2D eigenvalue weighted by Crippen LogP contribution is -2.43. The van der Waals surface area contributed by atoms with Crippen LogP contribution >= 0.6 is 0 Å². The summed E-state index contributed by atoms with van der Waals surface area (Å²) in [6, 6.07) is 8.33. The van der Waals surface area contributed by atoms with Crippen LogP contribution in [-0.2, 0) is 9.53 Å². The molecule has 5 rings (SSSR count). The molecule has 2 aliphatic carbocycles. The molecule has 0 saturated heterocycles. The Hall–Kier alpha value is -3.99. The van der Waals surface area contributed by atoms with Gasteiger partial charge in [-0.15, -0.1) is 0 Å². The molecule has 0 radical (unpaired) electrons. The van der Waals surface area contributed by atoms with Crippen LogP contribution in [0, 0.1) is 24.2 Å². The van der Waals surface area contributed by atoms with E-state index >= 15 is 0 Å². The van der Waals surface area contributed by atoms with Crippen LogP contribution < -0.4 is 15.0 Å².